The number of sulfonamides is 1. The van der Waals surface area contributed by atoms with Crippen molar-refractivity contribution in [3.63, 3.8) is 0 Å². The van der Waals surface area contributed by atoms with E-state index in [-0.39, 0.29) is 10.5 Å². The molecule has 0 bridgehead atoms. The SMILES string of the molecule is CC(C)(C)NS(=O)(=O)c1ccc(C(=O)NC2(C(=O)O)CCC2)cc1. The Morgan fingerprint density at radius 1 is 1.12 bits per heavy atom. The zero-order valence-corrected chi connectivity index (χ0v) is 14.7. The number of nitrogens with one attached hydrogen (secondary N) is 2. The number of carboxylic acid groups (broad SMARTS) is 1. The molecule has 7 nitrogen and oxygen atoms in total. The van der Waals surface area contributed by atoms with E-state index in [0.717, 1.165) is 6.42 Å². The highest BCUT2D eigenvalue weighted by Gasteiger charge is 2.45. The van der Waals surface area contributed by atoms with E-state index in [1.807, 2.05) is 0 Å². The molecule has 1 fully saturated rings. The molecule has 0 radical (unpaired) electrons. The quantitative estimate of drug-likeness (QED) is 0.742. The summed E-state index contributed by atoms with van der Waals surface area (Å²) >= 11 is 0. The van der Waals surface area contributed by atoms with E-state index in [4.69, 9.17) is 0 Å². The summed E-state index contributed by atoms with van der Waals surface area (Å²) < 4.78 is 27.0. The molecule has 0 aliphatic heterocycles. The topological polar surface area (TPSA) is 113 Å². The highest BCUT2D eigenvalue weighted by atomic mass is 32.2. The van der Waals surface area contributed by atoms with Gasteiger partial charge in [0.1, 0.15) is 5.54 Å². The molecule has 3 N–H and O–H groups in total. The molecule has 24 heavy (non-hydrogen) atoms. The smallest absolute Gasteiger partial charge is 0.329 e. The Morgan fingerprint density at radius 3 is 2.04 bits per heavy atom. The van der Waals surface area contributed by atoms with Crippen molar-refractivity contribution in [3.8, 4) is 0 Å². The minimum absolute atomic E-state index is 0.0468. The first-order valence-electron chi connectivity index (χ1n) is 7.65. The summed E-state index contributed by atoms with van der Waals surface area (Å²) in [6.07, 6.45) is 1.55. The van der Waals surface area contributed by atoms with Crippen molar-refractivity contribution in [2.75, 3.05) is 0 Å². The van der Waals surface area contributed by atoms with Gasteiger partial charge in [0.2, 0.25) is 10.0 Å². The Balaban J connectivity index is 2.15. The van der Waals surface area contributed by atoms with Crippen LogP contribution in [0.5, 0.6) is 0 Å². The van der Waals surface area contributed by atoms with Crippen LogP contribution in [0.3, 0.4) is 0 Å². The number of carboxylic acids is 1. The summed E-state index contributed by atoms with van der Waals surface area (Å²) in [5.41, 5.74) is -1.60. The number of hydrogen-bond donors (Lipinski definition) is 3. The number of amides is 1. The lowest BCUT2D eigenvalue weighted by Crippen LogP contribution is -2.59. The van der Waals surface area contributed by atoms with E-state index in [0.29, 0.717) is 12.8 Å². The van der Waals surface area contributed by atoms with Gasteiger partial charge in [0.15, 0.2) is 0 Å². The molecule has 1 aromatic rings. The van der Waals surface area contributed by atoms with Crippen LogP contribution < -0.4 is 10.0 Å². The maximum Gasteiger partial charge on any atom is 0.329 e. The normalized spacial score (nSPS) is 17.0. The highest BCUT2D eigenvalue weighted by molar-refractivity contribution is 7.89. The van der Waals surface area contributed by atoms with Gasteiger partial charge in [-0.3, -0.25) is 4.79 Å². The molecule has 1 aliphatic carbocycles. The molecule has 1 aromatic carbocycles. The summed E-state index contributed by atoms with van der Waals surface area (Å²) in [5.74, 6) is -1.57. The van der Waals surface area contributed by atoms with Gasteiger partial charge in [0, 0.05) is 11.1 Å². The third kappa shape index (κ3) is 3.93. The molecule has 8 heteroatoms. The first-order valence-corrected chi connectivity index (χ1v) is 9.14. The second-order valence-electron chi connectivity index (χ2n) is 7.07. The van der Waals surface area contributed by atoms with Gasteiger partial charge >= 0.3 is 5.97 Å². The Morgan fingerprint density at radius 2 is 1.67 bits per heavy atom. The fraction of sp³-hybridized carbons (Fsp3) is 0.500. The van der Waals surface area contributed by atoms with Crippen LogP contribution in [0.4, 0.5) is 0 Å². The number of aliphatic carboxylic acids is 1. The van der Waals surface area contributed by atoms with Gasteiger partial charge in [-0.25, -0.2) is 17.9 Å². The first kappa shape index (κ1) is 18.4. The number of hydrogen-bond acceptors (Lipinski definition) is 4. The van der Waals surface area contributed by atoms with E-state index in [1.54, 1.807) is 20.8 Å². The van der Waals surface area contributed by atoms with E-state index in [9.17, 15) is 23.1 Å². The van der Waals surface area contributed by atoms with E-state index in [1.165, 1.54) is 24.3 Å². The zero-order valence-electron chi connectivity index (χ0n) is 13.9. The van der Waals surface area contributed by atoms with Gasteiger partial charge in [-0.1, -0.05) is 0 Å². The maximum absolute atomic E-state index is 12.2. The molecular weight excluding hydrogens is 332 g/mol. The molecule has 0 saturated heterocycles. The van der Waals surface area contributed by atoms with Crippen LogP contribution in [-0.4, -0.2) is 36.5 Å². The van der Waals surface area contributed by atoms with Gasteiger partial charge < -0.3 is 10.4 Å². The fourth-order valence-electron chi connectivity index (χ4n) is 2.46. The monoisotopic (exact) mass is 354 g/mol. The molecular formula is C16H22N2O5S. The van der Waals surface area contributed by atoms with Crippen molar-refractivity contribution in [3.05, 3.63) is 29.8 Å². The minimum atomic E-state index is -3.68. The van der Waals surface area contributed by atoms with Crippen molar-refractivity contribution >= 4 is 21.9 Å². The molecule has 1 aliphatic rings. The molecule has 1 amide bonds. The van der Waals surface area contributed by atoms with E-state index < -0.39 is 33.0 Å². The largest absolute Gasteiger partial charge is 0.480 e. The average Bonchev–Trinajstić information content (AvgIpc) is 2.39. The number of carbonyl (C=O) groups excluding carboxylic acids is 1. The third-order valence-corrected chi connectivity index (χ3v) is 5.61. The molecule has 0 heterocycles. The van der Waals surface area contributed by atoms with Crippen LogP contribution in [0.1, 0.15) is 50.4 Å². The predicted molar refractivity (Wildman–Crippen MR) is 88.2 cm³/mol. The first-order chi connectivity index (χ1) is 11.0. The van der Waals surface area contributed by atoms with Crippen molar-refractivity contribution in [2.24, 2.45) is 0 Å². The molecule has 132 valence electrons. The van der Waals surface area contributed by atoms with Crippen molar-refractivity contribution in [1.82, 2.24) is 10.0 Å². The Bertz CT molecular complexity index is 744. The number of carbonyl (C=O) groups is 2. The van der Waals surface area contributed by atoms with Crippen LogP contribution in [-0.2, 0) is 14.8 Å². The van der Waals surface area contributed by atoms with Crippen LogP contribution in [0.2, 0.25) is 0 Å². The van der Waals surface area contributed by atoms with Crippen LogP contribution in [0, 0.1) is 0 Å². The highest BCUT2D eigenvalue weighted by Crippen LogP contribution is 2.32. The Kier molecular flexibility index (Phi) is 4.74. The summed E-state index contributed by atoms with van der Waals surface area (Å²) in [4.78, 5) is 23.5. The lowest BCUT2D eigenvalue weighted by Gasteiger charge is -2.38. The fourth-order valence-corrected chi connectivity index (χ4v) is 3.88. The van der Waals surface area contributed by atoms with Crippen molar-refractivity contribution in [1.29, 1.82) is 0 Å². The Hall–Kier alpha value is -1.93. The van der Waals surface area contributed by atoms with E-state index in [2.05, 4.69) is 10.0 Å². The molecule has 0 spiro atoms. The molecule has 0 unspecified atom stereocenters. The van der Waals surface area contributed by atoms with E-state index >= 15 is 0 Å². The van der Waals surface area contributed by atoms with Gasteiger partial charge in [-0.2, -0.15) is 0 Å². The van der Waals surface area contributed by atoms with Crippen LogP contribution in [0.15, 0.2) is 29.2 Å². The Labute approximate surface area is 141 Å². The van der Waals surface area contributed by atoms with Gasteiger partial charge in [0.25, 0.3) is 5.91 Å². The maximum atomic E-state index is 12.2. The molecule has 0 aromatic heterocycles. The lowest BCUT2D eigenvalue weighted by atomic mass is 9.76. The molecule has 1 saturated carbocycles. The van der Waals surface area contributed by atoms with Gasteiger partial charge in [0.05, 0.1) is 4.90 Å². The molecule has 0 atom stereocenters. The van der Waals surface area contributed by atoms with Crippen molar-refractivity contribution < 1.29 is 23.1 Å². The van der Waals surface area contributed by atoms with Gasteiger partial charge in [-0.15, -0.1) is 0 Å². The minimum Gasteiger partial charge on any atom is -0.480 e. The summed E-state index contributed by atoms with van der Waals surface area (Å²) in [5, 5.41) is 11.8. The number of rotatable bonds is 5. The lowest BCUT2D eigenvalue weighted by molar-refractivity contribution is -0.148. The summed E-state index contributed by atoms with van der Waals surface area (Å²) in [6.45, 7) is 5.20. The van der Waals surface area contributed by atoms with Crippen LogP contribution in [0.25, 0.3) is 0 Å². The predicted octanol–water partition coefficient (Wildman–Crippen LogP) is 1.50. The standard InChI is InChI=1S/C16H22N2O5S/c1-15(2,3)18-24(22,23)12-7-5-11(6-8-12)13(19)17-16(14(20)21)9-4-10-16/h5-8,18H,4,9-10H2,1-3H3,(H,17,19)(H,20,21). The second kappa shape index (κ2) is 6.18. The van der Waals surface area contributed by atoms with Gasteiger partial charge in [-0.05, 0) is 64.3 Å². The summed E-state index contributed by atoms with van der Waals surface area (Å²) in [6, 6.07) is 5.41. The molecule has 2 rings (SSSR count). The van der Waals surface area contributed by atoms with Crippen molar-refractivity contribution in [2.45, 2.75) is 56.0 Å². The third-order valence-electron chi connectivity index (χ3n) is 3.84. The average molecular weight is 354 g/mol. The van der Waals surface area contributed by atoms with Crippen LogP contribution >= 0.6 is 0 Å². The zero-order chi connectivity index (χ0) is 18.2. The number of benzene rings is 1. The summed E-state index contributed by atoms with van der Waals surface area (Å²) in [7, 11) is -3.68. The second-order valence-corrected chi connectivity index (χ2v) is 8.76.